The van der Waals surface area contributed by atoms with Gasteiger partial charge in [-0.15, -0.1) is 0 Å². The van der Waals surface area contributed by atoms with Crippen molar-refractivity contribution in [3.63, 3.8) is 0 Å². The van der Waals surface area contributed by atoms with Crippen LogP contribution >= 0.6 is 0 Å². The normalized spacial score (nSPS) is 18.6. The highest BCUT2D eigenvalue weighted by atomic mass is 16.1. The highest BCUT2D eigenvalue weighted by Crippen LogP contribution is 2.37. The molecule has 1 amide bonds. The molecule has 0 aromatic heterocycles. The summed E-state index contributed by atoms with van der Waals surface area (Å²) in [5.41, 5.74) is 10.9. The van der Waals surface area contributed by atoms with Crippen molar-refractivity contribution < 1.29 is 4.79 Å². The summed E-state index contributed by atoms with van der Waals surface area (Å²) in [5, 5.41) is 11.5. The summed E-state index contributed by atoms with van der Waals surface area (Å²) in [6, 6.07) is 7.95. The Kier molecular flexibility index (Phi) is 6.23. The largest absolute Gasteiger partial charge is 0.402 e. The zero-order valence-corrected chi connectivity index (χ0v) is 15.6. The van der Waals surface area contributed by atoms with E-state index in [1.165, 1.54) is 6.42 Å². The smallest absolute Gasteiger partial charge is 0.209 e. The van der Waals surface area contributed by atoms with Gasteiger partial charge in [0.2, 0.25) is 6.41 Å². The molecule has 0 spiro atoms. The summed E-state index contributed by atoms with van der Waals surface area (Å²) < 4.78 is 0. The third kappa shape index (κ3) is 5.08. The number of allylic oxidation sites excluding steroid dienone is 2. The highest BCUT2D eigenvalue weighted by molar-refractivity contribution is 6.11. The molecule has 1 aliphatic heterocycles. The van der Waals surface area contributed by atoms with Gasteiger partial charge in [-0.3, -0.25) is 10.2 Å². The van der Waals surface area contributed by atoms with Gasteiger partial charge >= 0.3 is 0 Å². The molecule has 2 aliphatic rings. The Morgan fingerprint density at radius 1 is 1.36 bits per heavy atom. The van der Waals surface area contributed by atoms with Crippen LogP contribution in [0, 0.1) is 10.8 Å². The number of benzene rings is 1. The van der Waals surface area contributed by atoms with E-state index >= 15 is 0 Å². The van der Waals surface area contributed by atoms with Crippen LogP contribution in [-0.4, -0.2) is 37.2 Å². The first-order valence-corrected chi connectivity index (χ1v) is 8.90. The molecule has 0 radical (unpaired) electrons. The second kappa shape index (κ2) is 8.19. The third-order valence-electron chi connectivity index (χ3n) is 4.89. The number of nitrogens with two attached hydrogens (primary N) is 1. The number of likely N-dealkylation sites (tertiary alicyclic amines) is 1. The van der Waals surface area contributed by atoms with E-state index in [4.69, 9.17) is 11.1 Å². The lowest BCUT2D eigenvalue weighted by molar-refractivity contribution is -0.121. The van der Waals surface area contributed by atoms with Crippen molar-refractivity contribution in [2.75, 3.05) is 25.5 Å². The average molecular weight is 342 g/mol. The van der Waals surface area contributed by atoms with Gasteiger partial charge in [0.1, 0.15) is 0 Å². The predicted octanol–water partition coefficient (Wildman–Crippen LogP) is 3.37. The quantitative estimate of drug-likeness (QED) is 0.579. The molecule has 1 aromatic carbocycles. The molecular formula is C20H30N4O. The van der Waals surface area contributed by atoms with E-state index in [0.29, 0.717) is 5.71 Å². The summed E-state index contributed by atoms with van der Waals surface area (Å²) >= 11 is 0. The van der Waals surface area contributed by atoms with Gasteiger partial charge in [0.05, 0.1) is 5.71 Å². The molecule has 0 atom stereocenters. The maximum atomic E-state index is 9.71. The van der Waals surface area contributed by atoms with Crippen LogP contribution in [0.2, 0.25) is 0 Å². The second-order valence-corrected chi connectivity index (χ2v) is 7.55. The average Bonchev–Trinajstić information content (AvgIpc) is 2.53. The molecule has 1 saturated heterocycles. The molecule has 1 aromatic rings. The minimum atomic E-state index is 0.265. The van der Waals surface area contributed by atoms with Gasteiger partial charge in [-0.2, -0.15) is 0 Å². The Labute approximate surface area is 150 Å². The maximum Gasteiger partial charge on any atom is 0.209 e. The number of rotatable bonds is 4. The van der Waals surface area contributed by atoms with Crippen LogP contribution in [0.25, 0.3) is 0 Å². The van der Waals surface area contributed by atoms with Crippen molar-refractivity contribution in [3.05, 3.63) is 41.1 Å². The van der Waals surface area contributed by atoms with Crippen LogP contribution in [0.1, 0.15) is 45.1 Å². The lowest BCUT2D eigenvalue weighted by Gasteiger charge is -2.31. The van der Waals surface area contributed by atoms with Crippen molar-refractivity contribution in [3.8, 4) is 0 Å². The molecule has 1 heterocycles. The summed E-state index contributed by atoms with van der Waals surface area (Å²) in [7, 11) is 1.89. The minimum absolute atomic E-state index is 0.265. The van der Waals surface area contributed by atoms with Crippen molar-refractivity contribution in [1.82, 2.24) is 4.90 Å². The number of amides is 1. The molecule has 0 saturated carbocycles. The molecular weight excluding hydrogens is 312 g/mol. The van der Waals surface area contributed by atoms with Gasteiger partial charge in [-0.05, 0) is 48.8 Å². The van der Waals surface area contributed by atoms with Crippen molar-refractivity contribution >= 4 is 17.8 Å². The molecule has 1 fully saturated rings. The van der Waals surface area contributed by atoms with E-state index in [0.717, 1.165) is 61.3 Å². The van der Waals surface area contributed by atoms with Gasteiger partial charge in [-0.1, -0.05) is 26.0 Å². The number of carbonyl (C=O) groups excluding carboxylic acids is 1. The van der Waals surface area contributed by atoms with Crippen LogP contribution < -0.4 is 11.1 Å². The molecule has 136 valence electrons. The lowest BCUT2D eigenvalue weighted by atomic mass is 9.75. The van der Waals surface area contributed by atoms with Crippen molar-refractivity contribution in [2.45, 2.75) is 39.5 Å². The summed E-state index contributed by atoms with van der Waals surface area (Å²) in [5.74, 6) is 0. The Morgan fingerprint density at radius 3 is 2.56 bits per heavy atom. The molecule has 25 heavy (non-hydrogen) atoms. The van der Waals surface area contributed by atoms with E-state index in [9.17, 15) is 4.79 Å². The fourth-order valence-corrected chi connectivity index (χ4v) is 3.07. The predicted molar refractivity (Wildman–Crippen MR) is 104 cm³/mol. The van der Waals surface area contributed by atoms with Gasteiger partial charge < -0.3 is 16.0 Å². The maximum absolute atomic E-state index is 9.71. The number of hydrogen-bond donors (Lipinski definition) is 3. The number of carbonyl (C=O) groups is 1. The first kappa shape index (κ1) is 19.0. The SMILES string of the molecule is CNc1cccc(C(=N)C2=C(N)CC(C)(C)CC2)c1.O=CN1CCC1. The monoisotopic (exact) mass is 342 g/mol. The topological polar surface area (TPSA) is 82.2 Å². The molecule has 4 N–H and O–H groups in total. The molecule has 1 aliphatic carbocycles. The number of nitrogens with one attached hydrogen (secondary N) is 2. The summed E-state index contributed by atoms with van der Waals surface area (Å²) in [4.78, 5) is 11.5. The van der Waals surface area contributed by atoms with E-state index in [-0.39, 0.29) is 5.41 Å². The molecule has 0 bridgehead atoms. The second-order valence-electron chi connectivity index (χ2n) is 7.55. The van der Waals surface area contributed by atoms with E-state index in [2.05, 4.69) is 19.2 Å². The first-order chi connectivity index (χ1) is 11.9. The standard InChI is InChI=1S/C16H23N3.C4H7NO/c1-16(2)8-7-13(14(17)10-16)15(18)11-5-4-6-12(9-11)19-3;6-4-5-2-1-3-5/h4-6,9,18-19H,7-8,10,17H2,1-3H3;4H,1-3H2. The van der Waals surface area contributed by atoms with Gasteiger partial charge in [0.25, 0.3) is 0 Å². The van der Waals surface area contributed by atoms with Gasteiger partial charge in [-0.25, -0.2) is 0 Å². The van der Waals surface area contributed by atoms with Crippen molar-refractivity contribution in [1.29, 1.82) is 5.41 Å². The Morgan fingerprint density at radius 2 is 2.08 bits per heavy atom. The number of anilines is 1. The zero-order chi connectivity index (χ0) is 18.4. The van der Waals surface area contributed by atoms with Gasteiger partial charge in [0.15, 0.2) is 0 Å². The van der Waals surface area contributed by atoms with Crippen LogP contribution in [-0.2, 0) is 4.79 Å². The molecule has 3 rings (SSSR count). The van der Waals surface area contributed by atoms with E-state index in [1.54, 1.807) is 4.90 Å². The van der Waals surface area contributed by atoms with Crippen LogP contribution in [0.3, 0.4) is 0 Å². The highest BCUT2D eigenvalue weighted by Gasteiger charge is 2.27. The summed E-state index contributed by atoms with van der Waals surface area (Å²) in [6.45, 7) is 6.43. The third-order valence-corrected chi connectivity index (χ3v) is 4.89. The fourth-order valence-electron chi connectivity index (χ4n) is 3.07. The first-order valence-electron chi connectivity index (χ1n) is 8.90. The Bertz CT molecular complexity index is 659. The van der Waals surface area contributed by atoms with Gasteiger partial charge in [0, 0.05) is 37.1 Å². The minimum Gasteiger partial charge on any atom is -0.402 e. The van der Waals surface area contributed by atoms with Crippen molar-refractivity contribution in [2.24, 2.45) is 11.1 Å². The fraction of sp³-hybridized carbons (Fsp3) is 0.500. The Hall–Kier alpha value is -2.30. The Balaban J connectivity index is 0.000000316. The van der Waals surface area contributed by atoms with E-state index < -0.39 is 0 Å². The number of hydrogen-bond acceptors (Lipinski definition) is 4. The number of nitrogens with zero attached hydrogens (tertiary/aromatic N) is 1. The molecule has 0 unspecified atom stereocenters. The van der Waals surface area contributed by atoms with Crippen LogP contribution in [0.4, 0.5) is 5.69 Å². The summed E-state index contributed by atoms with van der Waals surface area (Å²) in [6.07, 6.45) is 4.97. The van der Waals surface area contributed by atoms with E-state index in [1.807, 2.05) is 31.3 Å². The molecule has 5 heteroatoms. The van der Waals surface area contributed by atoms with Crippen LogP contribution in [0.15, 0.2) is 35.5 Å². The zero-order valence-electron chi connectivity index (χ0n) is 15.6. The molecule has 5 nitrogen and oxygen atoms in total. The van der Waals surface area contributed by atoms with Crippen LogP contribution in [0.5, 0.6) is 0 Å². The lowest BCUT2D eigenvalue weighted by Crippen LogP contribution is -2.35.